The summed E-state index contributed by atoms with van der Waals surface area (Å²) < 4.78 is 4.04. The molecule has 1 amide bonds. The summed E-state index contributed by atoms with van der Waals surface area (Å²) in [6.45, 7) is 2.06. The molecule has 0 atom stereocenters. The maximum absolute atomic E-state index is 11.6. The van der Waals surface area contributed by atoms with Gasteiger partial charge in [-0.1, -0.05) is 13.0 Å². The highest BCUT2D eigenvalue weighted by atomic mass is 16.1. The Kier molecular flexibility index (Phi) is 4.93. The molecule has 0 radical (unpaired) electrons. The molecule has 30 heavy (non-hydrogen) atoms. The Bertz CT molecular complexity index is 1290. The minimum atomic E-state index is -0.428. The lowest BCUT2D eigenvalue weighted by molar-refractivity contribution is 0.1000. The number of rotatable bonds is 6. The normalized spacial score (nSPS) is 11.7. The van der Waals surface area contributed by atoms with Gasteiger partial charge in [-0.15, -0.1) is 0 Å². The van der Waals surface area contributed by atoms with E-state index in [4.69, 9.17) is 16.9 Å². The third-order valence-electron chi connectivity index (χ3n) is 5.21. The summed E-state index contributed by atoms with van der Waals surface area (Å²) >= 11 is 0. The molecule has 7 heteroatoms. The van der Waals surface area contributed by atoms with Gasteiger partial charge >= 0.3 is 0 Å². The van der Waals surface area contributed by atoms with Crippen molar-refractivity contribution in [3.8, 4) is 11.4 Å². The van der Waals surface area contributed by atoms with Crippen LogP contribution in [0.2, 0.25) is 0 Å². The highest BCUT2D eigenvalue weighted by molar-refractivity contribution is 6.07. The average molecular weight is 398 g/mol. The van der Waals surface area contributed by atoms with Gasteiger partial charge in [-0.05, 0) is 48.4 Å². The van der Waals surface area contributed by atoms with Crippen LogP contribution < -0.4 is 11.5 Å². The summed E-state index contributed by atoms with van der Waals surface area (Å²) in [5.41, 5.74) is 16.8. The van der Waals surface area contributed by atoms with E-state index >= 15 is 0 Å². The Labute approximate surface area is 173 Å². The van der Waals surface area contributed by atoms with Crippen molar-refractivity contribution in [3.63, 3.8) is 0 Å². The minimum Gasteiger partial charge on any atom is -0.404 e. The number of amides is 1. The fraction of sp³-hybridized carbons (Fsp3) is 0.0870. The molecule has 150 valence electrons. The molecule has 0 aliphatic heterocycles. The fourth-order valence-electron chi connectivity index (χ4n) is 3.65. The van der Waals surface area contributed by atoms with Gasteiger partial charge in [0.15, 0.2) is 0 Å². The minimum absolute atomic E-state index is 0.428. The Morgan fingerprint density at radius 2 is 2.03 bits per heavy atom. The lowest BCUT2D eigenvalue weighted by Gasteiger charge is -2.13. The number of carbonyl (C=O) groups excluding carboxylic acids is 1. The van der Waals surface area contributed by atoms with Crippen molar-refractivity contribution >= 4 is 28.6 Å². The topological polar surface area (TPSA) is 116 Å². The lowest BCUT2D eigenvalue weighted by Crippen LogP contribution is -2.12. The molecule has 0 aliphatic rings. The van der Waals surface area contributed by atoms with Crippen LogP contribution in [0, 0.1) is 5.41 Å². The molecule has 0 unspecified atom stereocenters. The molecule has 0 saturated carbocycles. The molecule has 2 aromatic carbocycles. The van der Waals surface area contributed by atoms with Crippen LogP contribution in [0.5, 0.6) is 0 Å². The largest absolute Gasteiger partial charge is 0.404 e. The van der Waals surface area contributed by atoms with Gasteiger partial charge in [0.25, 0.3) is 0 Å². The first-order valence-electron chi connectivity index (χ1n) is 9.57. The van der Waals surface area contributed by atoms with Gasteiger partial charge in [-0.25, -0.2) is 4.98 Å². The number of imidazole rings is 1. The number of nitrogens with one attached hydrogen (secondary N) is 1. The molecule has 0 spiro atoms. The summed E-state index contributed by atoms with van der Waals surface area (Å²) in [5.74, 6) is -0.428. The van der Waals surface area contributed by atoms with E-state index in [0.717, 1.165) is 34.3 Å². The number of carbonyl (C=O) groups is 1. The first-order valence-corrected chi connectivity index (χ1v) is 9.57. The van der Waals surface area contributed by atoms with E-state index in [1.54, 1.807) is 12.4 Å². The van der Waals surface area contributed by atoms with Gasteiger partial charge in [0.1, 0.15) is 0 Å². The standard InChI is InChI=1S/C23H22N6O/c1-2-15-10-16(23(26)30)6-7-20(15)29-9-8-18-21(4-3-5-22(18)29)28-13-19(27-14-28)17(11-24)12-25/h3-14,24H,2,25H2,1H3,(H2,26,30)/b17-12+,24-11?. The lowest BCUT2D eigenvalue weighted by atomic mass is 10.1. The summed E-state index contributed by atoms with van der Waals surface area (Å²) in [6, 6.07) is 13.7. The van der Waals surface area contributed by atoms with Gasteiger partial charge in [-0.2, -0.15) is 0 Å². The van der Waals surface area contributed by atoms with Crippen molar-refractivity contribution in [2.45, 2.75) is 13.3 Å². The number of hydrogen-bond acceptors (Lipinski definition) is 4. The van der Waals surface area contributed by atoms with Crippen molar-refractivity contribution < 1.29 is 4.79 Å². The van der Waals surface area contributed by atoms with Crippen LogP contribution in [0.1, 0.15) is 28.5 Å². The predicted octanol–water partition coefficient (Wildman–Crippen LogP) is 3.43. The van der Waals surface area contributed by atoms with E-state index in [2.05, 4.69) is 28.6 Å². The second-order valence-electron chi connectivity index (χ2n) is 6.89. The molecule has 4 rings (SSSR count). The number of aromatic nitrogens is 3. The second-order valence-corrected chi connectivity index (χ2v) is 6.89. The Balaban J connectivity index is 1.84. The molecule has 0 saturated heterocycles. The van der Waals surface area contributed by atoms with Gasteiger partial charge in [0, 0.05) is 47.0 Å². The number of fused-ring (bicyclic) bond motifs is 1. The van der Waals surface area contributed by atoms with Gasteiger partial charge in [0.2, 0.25) is 5.91 Å². The molecule has 5 N–H and O–H groups in total. The molecule has 2 heterocycles. The molecule has 0 aliphatic carbocycles. The summed E-state index contributed by atoms with van der Waals surface area (Å²) in [6.07, 6.45) is 8.93. The van der Waals surface area contributed by atoms with Crippen LogP contribution in [-0.2, 0) is 6.42 Å². The molecule has 0 fully saturated rings. The first kappa shape index (κ1) is 19.2. The number of nitrogens with zero attached hydrogens (tertiary/aromatic N) is 3. The van der Waals surface area contributed by atoms with Crippen molar-refractivity contribution in [1.82, 2.24) is 14.1 Å². The van der Waals surface area contributed by atoms with Gasteiger partial charge in [0.05, 0.1) is 23.2 Å². The van der Waals surface area contributed by atoms with E-state index in [1.165, 1.54) is 12.4 Å². The Morgan fingerprint density at radius 1 is 1.20 bits per heavy atom. The smallest absolute Gasteiger partial charge is 0.248 e. The van der Waals surface area contributed by atoms with Crippen LogP contribution in [0.15, 0.2) is 67.4 Å². The van der Waals surface area contributed by atoms with E-state index in [1.807, 2.05) is 41.2 Å². The quantitative estimate of drug-likeness (QED) is 0.432. The summed E-state index contributed by atoms with van der Waals surface area (Å²) in [5, 5.41) is 8.52. The second kappa shape index (κ2) is 7.71. The third kappa shape index (κ3) is 3.16. The van der Waals surface area contributed by atoms with E-state index in [0.29, 0.717) is 16.8 Å². The van der Waals surface area contributed by atoms with Crippen LogP contribution in [-0.4, -0.2) is 26.2 Å². The highest BCUT2D eigenvalue weighted by Gasteiger charge is 2.13. The van der Waals surface area contributed by atoms with Crippen molar-refractivity contribution in [1.29, 1.82) is 5.41 Å². The number of nitrogens with two attached hydrogens (primary N) is 2. The fourth-order valence-corrected chi connectivity index (χ4v) is 3.65. The zero-order valence-electron chi connectivity index (χ0n) is 16.5. The van der Waals surface area contributed by atoms with Crippen molar-refractivity contribution in [2.24, 2.45) is 11.5 Å². The van der Waals surface area contributed by atoms with Crippen LogP contribution in [0.3, 0.4) is 0 Å². The zero-order valence-corrected chi connectivity index (χ0v) is 16.5. The SMILES string of the molecule is CCc1cc(C(N)=O)ccc1-n1ccc2c(-n3cnc(/C(C=N)=C/N)c3)cccc21. The van der Waals surface area contributed by atoms with E-state index < -0.39 is 5.91 Å². The number of allylic oxidation sites excluding steroid dienone is 1. The van der Waals surface area contributed by atoms with Gasteiger partial charge in [-0.3, -0.25) is 4.79 Å². The predicted molar refractivity (Wildman–Crippen MR) is 119 cm³/mol. The van der Waals surface area contributed by atoms with Crippen molar-refractivity contribution in [2.75, 3.05) is 0 Å². The van der Waals surface area contributed by atoms with E-state index in [-0.39, 0.29) is 0 Å². The zero-order chi connectivity index (χ0) is 21.3. The summed E-state index contributed by atoms with van der Waals surface area (Å²) in [4.78, 5) is 15.9. The number of primary amides is 1. The highest BCUT2D eigenvalue weighted by Crippen LogP contribution is 2.28. The van der Waals surface area contributed by atoms with Crippen LogP contribution >= 0.6 is 0 Å². The maximum atomic E-state index is 11.6. The third-order valence-corrected chi connectivity index (χ3v) is 5.21. The molecule has 7 nitrogen and oxygen atoms in total. The maximum Gasteiger partial charge on any atom is 0.248 e. The van der Waals surface area contributed by atoms with Gasteiger partial charge < -0.3 is 26.0 Å². The van der Waals surface area contributed by atoms with Crippen LogP contribution in [0.25, 0.3) is 27.9 Å². The van der Waals surface area contributed by atoms with Crippen molar-refractivity contribution in [3.05, 3.63) is 84.2 Å². The molecular formula is C23H22N6O. The molecular weight excluding hydrogens is 376 g/mol. The Morgan fingerprint density at radius 3 is 2.73 bits per heavy atom. The summed E-state index contributed by atoms with van der Waals surface area (Å²) in [7, 11) is 0. The molecule has 4 aromatic rings. The number of benzene rings is 2. The first-order chi connectivity index (χ1) is 14.6. The average Bonchev–Trinajstić information content (AvgIpc) is 3.41. The van der Waals surface area contributed by atoms with E-state index in [9.17, 15) is 4.79 Å². The molecule has 0 bridgehead atoms. The number of hydrogen-bond donors (Lipinski definition) is 3. The monoisotopic (exact) mass is 398 g/mol. The molecule has 2 aromatic heterocycles. The van der Waals surface area contributed by atoms with Crippen LogP contribution in [0.4, 0.5) is 0 Å². The number of aryl methyl sites for hydroxylation is 1. The Hall–Kier alpha value is -4.13.